The maximum Gasteiger partial charge on any atom is 0.267 e. The molecule has 2 unspecified atom stereocenters. The van der Waals surface area contributed by atoms with Crippen LogP contribution in [0.5, 0.6) is 5.75 Å². The first-order valence-corrected chi connectivity index (χ1v) is 8.49. The van der Waals surface area contributed by atoms with E-state index in [1.165, 1.54) is 11.3 Å². The highest BCUT2D eigenvalue weighted by Crippen LogP contribution is 2.29. The van der Waals surface area contributed by atoms with Crippen LogP contribution >= 0.6 is 11.3 Å². The van der Waals surface area contributed by atoms with Gasteiger partial charge in [0.15, 0.2) is 11.2 Å². The van der Waals surface area contributed by atoms with Gasteiger partial charge in [0.05, 0.1) is 0 Å². The summed E-state index contributed by atoms with van der Waals surface area (Å²) < 4.78 is 5.99. The molecule has 0 saturated carbocycles. The van der Waals surface area contributed by atoms with Gasteiger partial charge in [-0.2, -0.15) is 0 Å². The molecule has 0 aliphatic rings. The standard InChI is InChI=1S/C17H22N2O2S/c1-4-12(3)13-8-6-7-9-15(13)21-14(5-2)16(20)19-17-18-10-11-22-17/h6-12,14H,4-5H2,1-3H3,(H,18,19,20). The molecule has 118 valence electrons. The van der Waals surface area contributed by atoms with Gasteiger partial charge in [0.2, 0.25) is 0 Å². The summed E-state index contributed by atoms with van der Waals surface area (Å²) >= 11 is 1.40. The van der Waals surface area contributed by atoms with Gasteiger partial charge in [-0.15, -0.1) is 11.3 Å². The first-order chi connectivity index (χ1) is 10.7. The summed E-state index contributed by atoms with van der Waals surface area (Å²) in [4.78, 5) is 16.4. The minimum atomic E-state index is -0.519. The Kier molecular flexibility index (Phi) is 5.95. The Hall–Kier alpha value is -1.88. The maximum atomic E-state index is 12.3. The number of benzene rings is 1. The second-order valence-corrected chi connectivity index (χ2v) is 6.08. The lowest BCUT2D eigenvalue weighted by Gasteiger charge is -2.20. The Morgan fingerprint density at radius 2 is 2.09 bits per heavy atom. The van der Waals surface area contributed by atoms with Gasteiger partial charge in [-0.25, -0.2) is 4.98 Å². The van der Waals surface area contributed by atoms with Crippen LogP contribution in [0.2, 0.25) is 0 Å². The summed E-state index contributed by atoms with van der Waals surface area (Å²) in [6.45, 7) is 6.25. The molecule has 0 bridgehead atoms. The normalized spacial score (nSPS) is 13.4. The van der Waals surface area contributed by atoms with Gasteiger partial charge in [0.1, 0.15) is 5.75 Å². The number of hydrogen-bond donors (Lipinski definition) is 1. The highest BCUT2D eigenvalue weighted by atomic mass is 32.1. The van der Waals surface area contributed by atoms with Crippen molar-refractivity contribution in [3.05, 3.63) is 41.4 Å². The molecule has 4 nitrogen and oxygen atoms in total. The van der Waals surface area contributed by atoms with Crippen LogP contribution in [-0.4, -0.2) is 17.0 Å². The highest BCUT2D eigenvalue weighted by Gasteiger charge is 2.21. The molecule has 0 aliphatic heterocycles. The molecular weight excluding hydrogens is 296 g/mol. The number of hydrogen-bond acceptors (Lipinski definition) is 4. The summed E-state index contributed by atoms with van der Waals surface area (Å²) in [5, 5.41) is 5.23. The van der Waals surface area contributed by atoms with E-state index in [0.29, 0.717) is 17.5 Å². The van der Waals surface area contributed by atoms with Crippen LogP contribution in [0.25, 0.3) is 0 Å². The van der Waals surface area contributed by atoms with Crippen molar-refractivity contribution in [2.45, 2.75) is 45.6 Å². The third kappa shape index (κ3) is 4.07. The Morgan fingerprint density at radius 1 is 1.32 bits per heavy atom. The fourth-order valence-electron chi connectivity index (χ4n) is 2.16. The van der Waals surface area contributed by atoms with Gasteiger partial charge >= 0.3 is 0 Å². The van der Waals surface area contributed by atoms with Crippen molar-refractivity contribution in [3.8, 4) is 5.75 Å². The molecule has 0 saturated heterocycles. The number of thiazole rings is 1. The van der Waals surface area contributed by atoms with Gasteiger partial charge < -0.3 is 4.74 Å². The lowest BCUT2D eigenvalue weighted by Crippen LogP contribution is -2.32. The number of nitrogens with one attached hydrogen (secondary N) is 1. The number of carbonyl (C=O) groups excluding carboxylic acids is 1. The molecule has 22 heavy (non-hydrogen) atoms. The highest BCUT2D eigenvalue weighted by molar-refractivity contribution is 7.13. The zero-order valence-electron chi connectivity index (χ0n) is 13.2. The summed E-state index contributed by atoms with van der Waals surface area (Å²) in [6.07, 6.45) is 2.78. The molecule has 1 aromatic carbocycles. The van der Waals surface area contributed by atoms with E-state index in [4.69, 9.17) is 4.74 Å². The van der Waals surface area contributed by atoms with E-state index >= 15 is 0 Å². The van der Waals surface area contributed by atoms with Gasteiger partial charge in [-0.1, -0.05) is 39.0 Å². The first-order valence-electron chi connectivity index (χ1n) is 7.61. The molecule has 2 atom stereocenters. The van der Waals surface area contributed by atoms with Gasteiger partial charge in [0, 0.05) is 11.6 Å². The van der Waals surface area contributed by atoms with E-state index in [-0.39, 0.29) is 5.91 Å². The molecule has 2 rings (SSSR count). The van der Waals surface area contributed by atoms with Crippen LogP contribution in [0, 0.1) is 0 Å². The molecule has 1 heterocycles. The average molecular weight is 318 g/mol. The predicted molar refractivity (Wildman–Crippen MR) is 90.6 cm³/mol. The van der Waals surface area contributed by atoms with Crippen LogP contribution in [-0.2, 0) is 4.79 Å². The number of carbonyl (C=O) groups is 1. The zero-order chi connectivity index (χ0) is 15.9. The van der Waals surface area contributed by atoms with Crippen molar-refractivity contribution in [1.82, 2.24) is 4.98 Å². The quantitative estimate of drug-likeness (QED) is 0.820. The number of para-hydroxylation sites is 1. The van der Waals surface area contributed by atoms with Crippen LogP contribution in [0.1, 0.15) is 45.1 Å². The fourth-order valence-corrected chi connectivity index (χ4v) is 2.69. The first kappa shape index (κ1) is 16.5. The second-order valence-electron chi connectivity index (χ2n) is 5.19. The third-order valence-electron chi connectivity index (χ3n) is 3.66. The second kappa shape index (κ2) is 7.94. The Bertz CT molecular complexity index is 598. The summed E-state index contributed by atoms with van der Waals surface area (Å²) in [5.74, 6) is 1.03. The SMILES string of the molecule is CCC(Oc1ccccc1C(C)CC)C(=O)Nc1nccs1. The fraction of sp³-hybridized carbons (Fsp3) is 0.412. The number of aromatic nitrogens is 1. The van der Waals surface area contributed by atoms with E-state index < -0.39 is 6.10 Å². The number of nitrogens with zero attached hydrogens (tertiary/aromatic N) is 1. The van der Waals surface area contributed by atoms with Gasteiger partial charge in [-0.3, -0.25) is 10.1 Å². The average Bonchev–Trinajstić information content (AvgIpc) is 3.05. The van der Waals surface area contributed by atoms with Crippen molar-refractivity contribution in [2.75, 3.05) is 5.32 Å². The molecule has 5 heteroatoms. The minimum absolute atomic E-state index is 0.156. The molecule has 2 aromatic rings. The summed E-state index contributed by atoms with van der Waals surface area (Å²) in [6, 6.07) is 7.94. The molecule has 1 aromatic heterocycles. The topological polar surface area (TPSA) is 51.2 Å². The zero-order valence-corrected chi connectivity index (χ0v) is 14.0. The van der Waals surface area contributed by atoms with Crippen molar-refractivity contribution in [2.24, 2.45) is 0 Å². The number of anilines is 1. The van der Waals surface area contributed by atoms with Crippen LogP contribution in [0.3, 0.4) is 0 Å². The molecule has 0 fully saturated rings. The van der Waals surface area contributed by atoms with Crippen molar-refractivity contribution in [1.29, 1.82) is 0 Å². The summed E-state index contributed by atoms with van der Waals surface area (Å²) in [7, 11) is 0. The van der Waals surface area contributed by atoms with Crippen molar-refractivity contribution < 1.29 is 9.53 Å². The van der Waals surface area contributed by atoms with Crippen LogP contribution < -0.4 is 10.1 Å². The monoisotopic (exact) mass is 318 g/mol. The van der Waals surface area contributed by atoms with Crippen molar-refractivity contribution >= 4 is 22.4 Å². The lowest BCUT2D eigenvalue weighted by molar-refractivity contribution is -0.122. The Morgan fingerprint density at radius 3 is 2.73 bits per heavy atom. The molecular formula is C17H22N2O2S. The van der Waals surface area contributed by atoms with Crippen molar-refractivity contribution in [3.63, 3.8) is 0 Å². The molecule has 0 radical (unpaired) electrons. The smallest absolute Gasteiger partial charge is 0.267 e. The number of rotatable bonds is 7. The number of amides is 1. The Balaban J connectivity index is 2.11. The third-order valence-corrected chi connectivity index (χ3v) is 4.35. The minimum Gasteiger partial charge on any atom is -0.480 e. The van der Waals surface area contributed by atoms with Gasteiger partial charge in [0.25, 0.3) is 5.91 Å². The van der Waals surface area contributed by atoms with E-state index in [1.54, 1.807) is 6.20 Å². The molecule has 0 aliphatic carbocycles. The van der Waals surface area contributed by atoms with E-state index in [9.17, 15) is 4.79 Å². The molecule has 0 spiro atoms. The predicted octanol–water partition coefficient (Wildman–Crippen LogP) is 4.45. The lowest BCUT2D eigenvalue weighted by atomic mass is 9.98. The van der Waals surface area contributed by atoms with Crippen LogP contribution in [0.15, 0.2) is 35.8 Å². The largest absolute Gasteiger partial charge is 0.480 e. The number of ether oxygens (including phenoxy) is 1. The van der Waals surface area contributed by atoms with E-state index in [2.05, 4.69) is 30.2 Å². The van der Waals surface area contributed by atoms with E-state index in [1.807, 2.05) is 30.5 Å². The summed E-state index contributed by atoms with van der Waals surface area (Å²) in [5.41, 5.74) is 1.14. The maximum absolute atomic E-state index is 12.3. The van der Waals surface area contributed by atoms with Crippen LogP contribution in [0.4, 0.5) is 5.13 Å². The Labute approximate surface area is 135 Å². The van der Waals surface area contributed by atoms with Gasteiger partial charge in [-0.05, 0) is 30.4 Å². The van der Waals surface area contributed by atoms with E-state index in [0.717, 1.165) is 17.7 Å². The molecule has 1 N–H and O–H groups in total. The molecule has 1 amide bonds.